The van der Waals surface area contributed by atoms with Crippen molar-refractivity contribution < 1.29 is 27.3 Å². The lowest BCUT2D eigenvalue weighted by molar-refractivity contribution is 0.0126. The molecule has 172 valence electrons. The van der Waals surface area contributed by atoms with E-state index in [0.717, 1.165) is 0 Å². The minimum atomic E-state index is -3.92. The van der Waals surface area contributed by atoms with E-state index in [0.29, 0.717) is 37.3 Å². The maximum absolute atomic E-state index is 13.6. The van der Waals surface area contributed by atoms with E-state index in [4.69, 9.17) is 16.3 Å². The highest BCUT2D eigenvalue weighted by atomic mass is 35.5. The van der Waals surface area contributed by atoms with Gasteiger partial charge in [0.1, 0.15) is 5.60 Å². The number of nitrogens with zero attached hydrogens (tertiary/aromatic N) is 2. The molecule has 8 nitrogen and oxygen atoms in total. The Morgan fingerprint density at radius 2 is 1.97 bits per heavy atom. The Labute approximate surface area is 190 Å². The molecule has 31 heavy (non-hydrogen) atoms. The second kappa shape index (κ2) is 8.62. The van der Waals surface area contributed by atoms with E-state index >= 15 is 0 Å². The maximum Gasteiger partial charge on any atom is 0.410 e. The van der Waals surface area contributed by atoms with Gasteiger partial charge in [-0.3, -0.25) is 4.21 Å². The van der Waals surface area contributed by atoms with Crippen molar-refractivity contribution in [3.63, 3.8) is 0 Å². The smallest absolute Gasteiger partial charge is 0.410 e. The number of hydrogen-bond acceptors (Lipinski definition) is 6. The summed E-state index contributed by atoms with van der Waals surface area (Å²) in [5.74, 6) is 0.376. The average molecular weight is 491 g/mol. The molecule has 1 unspecified atom stereocenters. The minimum Gasteiger partial charge on any atom is -0.441 e. The van der Waals surface area contributed by atoms with Crippen LogP contribution in [0.25, 0.3) is 0 Å². The van der Waals surface area contributed by atoms with Crippen molar-refractivity contribution >= 4 is 38.5 Å². The Kier molecular flexibility index (Phi) is 6.39. The predicted octanol–water partition coefficient (Wildman–Crippen LogP) is 1.98. The number of β-amino-alcohol motifs (C(OH)–C–C–N with tert-alkyl or cyclic N) is 1. The van der Waals surface area contributed by atoms with Crippen LogP contribution in [0, 0.1) is 0 Å². The van der Waals surface area contributed by atoms with E-state index in [1.54, 1.807) is 0 Å². The number of ether oxygens (including phenoxy) is 1. The number of halogens is 1. The Balaban J connectivity index is 1.65. The van der Waals surface area contributed by atoms with Crippen LogP contribution in [-0.4, -0.2) is 81.4 Å². The molecule has 1 aromatic rings. The second-order valence-corrected chi connectivity index (χ2v) is 12.3. The standard InChI is InChI=1S/C20H27ClN2O6S2/c1-2-15-12-30(26)13-18(23(15)31(27,28)17-5-3-14(21)4-6-17)20(8-9-20)29-19(25)22-10-7-16(24)11-22/h3-6,15-16,18,24H,2,7-13H2,1H3/t15-,16+,18-,30?/m1/s1. The molecule has 1 N–H and O–H groups in total. The lowest BCUT2D eigenvalue weighted by atomic mass is 10.1. The summed E-state index contributed by atoms with van der Waals surface area (Å²) < 4.78 is 47.2. The molecule has 2 saturated heterocycles. The summed E-state index contributed by atoms with van der Waals surface area (Å²) in [6, 6.07) is 4.82. The third-order valence-corrected chi connectivity index (χ3v) is 9.98. The largest absolute Gasteiger partial charge is 0.441 e. The van der Waals surface area contributed by atoms with Crippen LogP contribution < -0.4 is 0 Å². The summed E-state index contributed by atoms with van der Waals surface area (Å²) in [6.07, 6.45) is 0.889. The van der Waals surface area contributed by atoms with E-state index in [-0.39, 0.29) is 22.9 Å². The summed E-state index contributed by atoms with van der Waals surface area (Å²) >= 11 is 5.94. The number of carbonyl (C=O) groups excluding carboxylic acids is 1. The summed E-state index contributed by atoms with van der Waals surface area (Å²) in [7, 11) is -5.14. The molecule has 2 aliphatic heterocycles. The van der Waals surface area contributed by atoms with Gasteiger partial charge in [-0.1, -0.05) is 18.5 Å². The van der Waals surface area contributed by atoms with Crippen LogP contribution in [0.1, 0.15) is 32.6 Å². The fourth-order valence-corrected chi connectivity index (χ4v) is 8.44. The van der Waals surface area contributed by atoms with E-state index in [9.17, 15) is 22.5 Å². The van der Waals surface area contributed by atoms with Gasteiger partial charge in [-0.2, -0.15) is 4.31 Å². The molecule has 1 saturated carbocycles. The van der Waals surface area contributed by atoms with Crippen LogP contribution in [0.4, 0.5) is 4.79 Å². The quantitative estimate of drug-likeness (QED) is 0.676. The maximum atomic E-state index is 13.6. The summed E-state index contributed by atoms with van der Waals surface area (Å²) in [4.78, 5) is 14.3. The third-order valence-electron chi connectivity index (χ3n) is 6.31. The number of aliphatic hydroxyl groups is 1. The first-order valence-corrected chi connectivity index (χ1v) is 13.8. The van der Waals surface area contributed by atoms with Crippen LogP contribution in [-0.2, 0) is 25.6 Å². The van der Waals surface area contributed by atoms with Crippen molar-refractivity contribution in [2.45, 2.75) is 61.3 Å². The molecule has 1 aromatic carbocycles. The molecular formula is C20H27ClN2O6S2. The van der Waals surface area contributed by atoms with Gasteiger partial charge < -0.3 is 14.7 Å². The zero-order chi connectivity index (χ0) is 22.4. The van der Waals surface area contributed by atoms with Gasteiger partial charge in [-0.05, 0) is 49.9 Å². The molecule has 4 atom stereocenters. The van der Waals surface area contributed by atoms with Gasteiger partial charge in [0, 0.05) is 46.5 Å². The van der Waals surface area contributed by atoms with E-state index < -0.39 is 50.7 Å². The van der Waals surface area contributed by atoms with Crippen LogP contribution >= 0.6 is 11.6 Å². The summed E-state index contributed by atoms with van der Waals surface area (Å²) in [5.41, 5.74) is -0.992. The number of amides is 1. The number of rotatable bonds is 5. The SMILES string of the molecule is CC[C@@H]1CS(=O)C[C@H](C2(OC(=O)N3CC[C@H](O)C3)CC2)N1S(=O)(=O)c1ccc(Cl)cc1. The molecular weight excluding hydrogens is 464 g/mol. The number of benzene rings is 1. The average Bonchev–Trinajstić information content (AvgIpc) is 3.37. The molecule has 4 rings (SSSR count). The first-order valence-electron chi connectivity index (χ1n) is 10.5. The number of sulfonamides is 1. The van der Waals surface area contributed by atoms with Crippen molar-refractivity contribution in [2.24, 2.45) is 0 Å². The normalized spacial score (nSPS) is 30.9. The van der Waals surface area contributed by atoms with Gasteiger partial charge in [0.25, 0.3) is 0 Å². The number of likely N-dealkylation sites (tertiary alicyclic amines) is 1. The minimum absolute atomic E-state index is 0.109. The lowest BCUT2D eigenvalue weighted by Gasteiger charge is -2.43. The zero-order valence-electron chi connectivity index (χ0n) is 17.3. The van der Waals surface area contributed by atoms with Crippen LogP contribution in [0.2, 0.25) is 5.02 Å². The highest BCUT2D eigenvalue weighted by Gasteiger charge is 2.61. The van der Waals surface area contributed by atoms with Gasteiger partial charge >= 0.3 is 6.09 Å². The molecule has 0 spiro atoms. The van der Waals surface area contributed by atoms with E-state index in [1.165, 1.54) is 33.5 Å². The molecule has 3 fully saturated rings. The zero-order valence-corrected chi connectivity index (χ0v) is 19.7. The number of aliphatic hydroxyl groups excluding tert-OH is 1. The Morgan fingerprint density at radius 1 is 1.29 bits per heavy atom. The van der Waals surface area contributed by atoms with Crippen LogP contribution in [0.3, 0.4) is 0 Å². The van der Waals surface area contributed by atoms with Gasteiger partial charge in [0.05, 0.1) is 17.0 Å². The topological polar surface area (TPSA) is 104 Å². The van der Waals surface area contributed by atoms with Crippen LogP contribution in [0.5, 0.6) is 0 Å². The fourth-order valence-electron chi connectivity index (χ4n) is 4.41. The molecule has 0 bridgehead atoms. The van der Waals surface area contributed by atoms with Crippen molar-refractivity contribution in [3.8, 4) is 0 Å². The Morgan fingerprint density at radius 3 is 2.52 bits per heavy atom. The fraction of sp³-hybridized carbons (Fsp3) is 0.650. The summed E-state index contributed by atoms with van der Waals surface area (Å²) in [6.45, 7) is 2.47. The van der Waals surface area contributed by atoms with Gasteiger partial charge in [0.15, 0.2) is 0 Å². The number of carbonyl (C=O) groups is 1. The predicted molar refractivity (Wildman–Crippen MR) is 117 cm³/mol. The number of hydrogen-bond donors (Lipinski definition) is 1. The van der Waals surface area contributed by atoms with Crippen molar-refractivity contribution in [2.75, 3.05) is 24.6 Å². The molecule has 1 amide bonds. The van der Waals surface area contributed by atoms with E-state index in [1.807, 2.05) is 6.92 Å². The summed E-state index contributed by atoms with van der Waals surface area (Å²) in [5, 5.41) is 10.2. The molecule has 11 heteroatoms. The van der Waals surface area contributed by atoms with Crippen molar-refractivity contribution in [3.05, 3.63) is 29.3 Å². The van der Waals surface area contributed by atoms with Crippen LogP contribution in [0.15, 0.2) is 29.2 Å². The lowest BCUT2D eigenvalue weighted by Crippen LogP contribution is -2.61. The molecule has 1 aliphatic carbocycles. The first kappa shape index (κ1) is 23.0. The van der Waals surface area contributed by atoms with Gasteiger partial charge in [-0.25, -0.2) is 13.2 Å². The van der Waals surface area contributed by atoms with Gasteiger partial charge in [0.2, 0.25) is 10.0 Å². The molecule has 0 aromatic heterocycles. The molecule has 0 radical (unpaired) electrons. The third kappa shape index (κ3) is 4.50. The molecule has 2 heterocycles. The van der Waals surface area contributed by atoms with E-state index in [2.05, 4.69) is 0 Å². The second-order valence-electron chi connectivity index (χ2n) is 8.46. The highest BCUT2D eigenvalue weighted by molar-refractivity contribution is 7.89. The monoisotopic (exact) mass is 490 g/mol. The van der Waals surface area contributed by atoms with Crippen molar-refractivity contribution in [1.29, 1.82) is 0 Å². The Hall–Kier alpha value is -1.20. The Bertz CT molecular complexity index is 966. The highest BCUT2D eigenvalue weighted by Crippen LogP contribution is 2.48. The van der Waals surface area contributed by atoms with Crippen molar-refractivity contribution in [1.82, 2.24) is 9.21 Å². The first-order chi connectivity index (χ1) is 14.7. The molecule has 3 aliphatic rings. The van der Waals surface area contributed by atoms with Gasteiger partial charge in [-0.15, -0.1) is 0 Å².